The van der Waals surface area contributed by atoms with Crippen LogP contribution >= 0.6 is 0 Å². The normalized spacial score (nSPS) is 15.5. The van der Waals surface area contributed by atoms with Crippen molar-refractivity contribution in [2.75, 3.05) is 32.7 Å². The summed E-state index contributed by atoms with van der Waals surface area (Å²) in [7, 11) is 0. The molecule has 0 saturated carbocycles. The third kappa shape index (κ3) is 6.00. The van der Waals surface area contributed by atoms with Crippen molar-refractivity contribution in [2.45, 2.75) is 45.4 Å². The molecule has 0 radical (unpaired) electrons. The summed E-state index contributed by atoms with van der Waals surface area (Å²) in [5.74, 6) is 0.799. The van der Waals surface area contributed by atoms with Crippen LogP contribution in [0.3, 0.4) is 0 Å². The fourth-order valence-electron chi connectivity index (χ4n) is 3.04. The second-order valence-electron chi connectivity index (χ2n) is 7.35. The molecule has 6 heteroatoms. The average molecular weight is 362 g/mol. The number of hydrogen-bond acceptors (Lipinski definition) is 2. The zero-order chi connectivity index (χ0) is 19.0. The van der Waals surface area contributed by atoms with Gasteiger partial charge in [-0.15, -0.1) is 0 Å². The molecule has 2 rings (SSSR count). The molecule has 1 heterocycles. The van der Waals surface area contributed by atoms with Crippen molar-refractivity contribution in [1.29, 1.82) is 0 Å². The molecule has 5 nitrogen and oxygen atoms in total. The number of benzene rings is 1. The molecule has 0 aromatic heterocycles. The Hall–Kier alpha value is -2.11. The third-order valence-electron chi connectivity index (χ3n) is 4.65. The number of carbonyl (C=O) groups is 1. The number of hydrogen-bond donors (Lipinski definition) is 2. The van der Waals surface area contributed by atoms with E-state index in [2.05, 4.69) is 29.5 Å². The lowest BCUT2D eigenvalue weighted by atomic mass is 9.85. The van der Waals surface area contributed by atoms with Crippen molar-refractivity contribution in [3.63, 3.8) is 0 Å². The standard InChI is InChI=1S/C20H31FN4O/c1-4-22-19(23-11-7-13-25-12-6-10-18(25)26)24-15-20(2,3)16-8-5-9-17(21)14-16/h5,8-9,14H,4,6-7,10-13,15H2,1-3H3,(H2,22,23,24). The van der Waals surface area contributed by atoms with Gasteiger partial charge in [-0.05, 0) is 37.5 Å². The molecule has 0 unspecified atom stereocenters. The topological polar surface area (TPSA) is 56.7 Å². The van der Waals surface area contributed by atoms with Crippen LogP contribution in [0.4, 0.5) is 4.39 Å². The van der Waals surface area contributed by atoms with E-state index in [9.17, 15) is 9.18 Å². The molecule has 0 bridgehead atoms. The quantitative estimate of drug-likeness (QED) is 0.425. The monoisotopic (exact) mass is 362 g/mol. The SMILES string of the molecule is CCNC(=NCC(C)(C)c1cccc(F)c1)NCCCN1CCCC1=O. The van der Waals surface area contributed by atoms with Gasteiger partial charge in [-0.2, -0.15) is 0 Å². The molecule has 2 N–H and O–H groups in total. The molecule has 1 aliphatic rings. The van der Waals surface area contributed by atoms with Gasteiger partial charge in [-0.3, -0.25) is 9.79 Å². The van der Waals surface area contributed by atoms with Gasteiger partial charge in [0.1, 0.15) is 5.82 Å². The lowest BCUT2D eigenvalue weighted by molar-refractivity contribution is -0.127. The highest BCUT2D eigenvalue weighted by molar-refractivity contribution is 5.80. The van der Waals surface area contributed by atoms with E-state index >= 15 is 0 Å². The molecule has 144 valence electrons. The van der Waals surface area contributed by atoms with Crippen molar-refractivity contribution >= 4 is 11.9 Å². The van der Waals surface area contributed by atoms with Crippen LogP contribution in [-0.4, -0.2) is 49.5 Å². The van der Waals surface area contributed by atoms with Gasteiger partial charge < -0.3 is 15.5 Å². The molecular weight excluding hydrogens is 331 g/mol. The number of halogens is 1. The Morgan fingerprint density at radius 3 is 2.81 bits per heavy atom. The summed E-state index contributed by atoms with van der Waals surface area (Å²) in [4.78, 5) is 18.2. The number of rotatable bonds is 8. The summed E-state index contributed by atoms with van der Waals surface area (Å²) in [6, 6.07) is 6.70. The summed E-state index contributed by atoms with van der Waals surface area (Å²) < 4.78 is 13.5. The molecule has 0 spiro atoms. The molecule has 0 atom stereocenters. The zero-order valence-electron chi connectivity index (χ0n) is 16.1. The number of carbonyl (C=O) groups excluding carboxylic acids is 1. The molecule has 1 fully saturated rings. The van der Waals surface area contributed by atoms with Crippen molar-refractivity contribution in [3.8, 4) is 0 Å². The maximum absolute atomic E-state index is 13.5. The first kappa shape index (κ1) is 20.2. The Labute approximate surface area is 156 Å². The van der Waals surface area contributed by atoms with Crippen LogP contribution in [0.2, 0.25) is 0 Å². The van der Waals surface area contributed by atoms with E-state index in [1.807, 2.05) is 17.9 Å². The minimum Gasteiger partial charge on any atom is -0.357 e. The fourth-order valence-corrected chi connectivity index (χ4v) is 3.04. The number of nitrogens with zero attached hydrogens (tertiary/aromatic N) is 2. The minimum absolute atomic E-state index is 0.221. The first-order valence-corrected chi connectivity index (χ1v) is 9.48. The number of aliphatic imine (C=N–C) groups is 1. The average Bonchev–Trinajstić information content (AvgIpc) is 3.01. The Morgan fingerprint density at radius 1 is 1.35 bits per heavy atom. The van der Waals surface area contributed by atoms with E-state index in [1.165, 1.54) is 6.07 Å². The van der Waals surface area contributed by atoms with Crippen LogP contribution in [0.15, 0.2) is 29.3 Å². The van der Waals surface area contributed by atoms with Gasteiger partial charge in [0.05, 0.1) is 6.54 Å². The molecule has 1 aliphatic heterocycles. The smallest absolute Gasteiger partial charge is 0.222 e. The number of guanidine groups is 1. The van der Waals surface area contributed by atoms with E-state index in [0.29, 0.717) is 13.0 Å². The molecule has 0 aliphatic carbocycles. The summed E-state index contributed by atoms with van der Waals surface area (Å²) in [5, 5.41) is 6.56. The molecular formula is C20H31FN4O. The largest absolute Gasteiger partial charge is 0.357 e. The number of nitrogens with one attached hydrogen (secondary N) is 2. The molecule has 1 amide bonds. The van der Waals surface area contributed by atoms with Gasteiger partial charge >= 0.3 is 0 Å². The van der Waals surface area contributed by atoms with E-state index in [1.54, 1.807) is 12.1 Å². The van der Waals surface area contributed by atoms with Gasteiger partial charge in [-0.25, -0.2) is 4.39 Å². The predicted molar refractivity (Wildman–Crippen MR) is 104 cm³/mol. The first-order chi connectivity index (χ1) is 12.4. The van der Waals surface area contributed by atoms with Gasteiger partial charge in [0.15, 0.2) is 5.96 Å². The molecule has 1 aromatic rings. The Bertz CT molecular complexity index is 630. The van der Waals surface area contributed by atoms with Crippen LogP contribution in [-0.2, 0) is 10.2 Å². The van der Waals surface area contributed by atoms with Gasteiger partial charge in [0.2, 0.25) is 5.91 Å². The second kappa shape index (κ2) is 9.55. The van der Waals surface area contributed by atoms with Gasteiger partial charge in [0.25, 0.3) is 0 Å². The third-order valence-corrected chi connectivity index (χ3v) is 4.65. The van der Waals surface area contributed by atoms with Crippen LogP contribution in [0.5, 0.6) is 0 Å². The highest BCUT2D eigenvalue weighted by Gasteiger charge is 2.21. The summed E-state index contributed by atoms with van der Waals surface area (Å²) >= 11 is 0. The van der Waals surface area contributed by atoms with Crippen molar-refractivity contribution in [3.05, 3.63) is 35.6 Å². The Morgan fingerprint density at radius 2 is 2.15 bits per heavy atom. The molecule has 1 aromatic carbocycles. The van der Waals surface area contributed by atoms with Crippen LogP contribution in [0, 0.1) is 5.82 Å². The van der Waals surface area contributed by atoms with Crippen LogP contribution < -0.4 is 10.6 Å². The van der Waals surface area contributed by atoms with Crippen LogP contribution in [0.25, 0.3) is 0 Å². The first-order valence-electron chi connectivity index (χ1n) is 9.48. The fraction of sp³-hybridized carbons (Fsp3) is 0.600. The van der Waals surface area contributed by atoms with Crippen LogP contribution in [0.1, 0.15) is 45.6 Å². The van der Waals surface area contributed by atoms with E-state index < -0.39 is 0 Å². The van der Waals surface area contributed by atoms with Crippen molar-refractivity contribution in [2.24, 2.45) is 4.99 Å². The maximum Gasteiger partial charge on any atom is 0.222 e. The maximum atomic E-state index is 13.5. The number of likely N-dealkylation sites (tertiary alicyclic amines) is 1. The Kier molecular flexibility index (Phi) is 7.42. The van der Waals surface area contributed by atoms with Crippen molar-refractivity contribution < 1.29 is 9.18 Å². The number of amides is 1. The minimum atomic E-state index is -0.258. The van der Waals surface area contributed by atoms with E-state index in [4.69, 9.17) is 0 Å². The summed E-state index contributed by atoms with van der Waals surface area (Å²) in [5.41, 5.74) is 0.677. The lowest BCUT2D eigenvalue weighted by Gasteiger charge is -2.24. The zero-order valence-corrected chi connectivity index (χ0v) is 16.1. The van der Waals surface area contributed by atoms with Gasteiger partial charge in [-0.1, -0.05) is 26.0 Å². The van der Waals surface area contributed by atoms with E-state index in [-0.39, 0.29) is 17.1 Å². The molecule has 1 saturated heterocycles. The Balaban J connectivity index is 1.85. The lowest BCUT2D eigenvalue weighted by Crippen LogP contribution is -2.40. The summed E-state index contributed by atoms with van der Waals surface area (Å²) in [6.07, 6.45) is 2.56. The summed E-state index contributed by atoms with van der Waals surface area (Å²) in [6.45, 7) is 9.91. The highest BCUT2D eigenvalue weighted by Crippen LogP contribution is 2.24. The second-order valence-corrected chi connectivity index (χ2v) is 7.35. The van der Waals surface area contributed by atoms with Crippen molar-refractivity contribution in [1.82, 2.24) is 15.5 Å². The highest BCUT2D eigenvalue weighted by atomic mass is 19.1. The van der Waals surface area contributed by atoms with E-state index in [0.717, 1.165) is 50.5 Å². The van der Waals surface area contributed by atoms with Gasteiger partial charge in [0, 0.05) is 38.0 Å². The predicted octanol–water partition coefficient (Wildman–Crippen LogP) is 2.67. The molecule has 26 heavy (non-hydrogen) atoms.